The van der Waals surface area contributed by atoms with Crippen molar-refractivity contribution in [2.24, 2.45) is 0 Å². The molecule has 0 aliphatic heterocycles. The molecule has 1 heterocycles. The van der Waals surface area contributed by atoms with Crippen LogP contribution in [0.2, 0.25) is 0 Å². The minimum absolute atomic E-state index is 0.176. The number of aromatic carboxylic acids is 1. The summed E-state index contributed by atoms with van der Waals surface area (Å²) < 4.78 is 0. The summed E-state index contributed by atoms with van der Waals surface area (Å²) in [4.78, 5) is 11.3. The lowest BCUT2D eigenvalue weighted by Gasteiger charge is -2.12. The van der Waals surface area contributed by atoms with Crippen LogP contribution in [0.1, 0.15) is 35.5 Å². The zero-order valence-electron chi connectivity index (χ0n) is 9.95. The maximum Gasteiger partial charge on any atom is 0.339 e. The average Bonchev–Trinajstić information content (AvgIpc) is 2.34. The molecule has 90 valence electrons. The highest BCUT2D eigenvalue weighted by Crippen LogP contribution is 2.20. The van der Waals surface area contributed by atoms with E-state index >= 15 is 0 Å². The highest BCUT2D eigenvalue weighted by atomic mass is 16.4. The van der Waals surface area contributed by atoms with Crippen LogP contribution >= 0.6 is 0 Å². The lowest BCUT2D eigenvalue weighted by Crippen LogP contribution is -2.15. The summed E-state index contributed by atoms with van der Waals surface area (Å²) in [5.74, 6) is 1.61. The number of nitrogens with zero attached hydrogens (tertiary/aromatic N) is 2. The first-order valence-electron chi connectivity index (χ1n) is 5.44. The van der Waals surface area contributed by atoms with E-state index in [1.165, 1.54) is 0 Å². The molecule has 0 spiro atoms. The molecule has 0 bridgehead atoms. The molecule has 5 heteroatoms. The third-order valence-electron chi connectivity index (χ3n) is 2.42. The van der Waals surface area contributed by atoms with E-state index in [4.69, 9.17) is 6.42 Å². The SMILES string of the molecule is C#CCNc1nnc(CC)c(CC)c1C(=O)O. The van der Waals surface area contributed by atoms with Crippen molar-refractivity contribution in [3.05, 3.63) is 16.8 Å². The van der Waals surface area contributed by atoms with Crippen LogP contribution in [0, 0.1) is 12.3 Å². The molecule has 0 saturated carbocycles. The second-order valence-corrected chi connectivity index (χ2v) is 3.42. The Kier molecular flexibility index (Phi) is 4.46. The number of hydrogen-bond donors (Lipinski definition) is 2. The Morgan fingerprint density at radius 1 is 1.41 bits per heavy atom. The van der Waals surface area contributed by atoms with Gasteiger partial charge in [0.1, 0.15) is 5.56 Å². The Bertz CT molecular complexity index is 464. The van der Waals surface area contributed by atoms with Gasteiger partial charge in [-0.05, 0) is 18.4 Å². The summed E-state index contributed by atoms with van der Waals surface area (Å²) >= 11 is 0. The molecule has 0 saturated heterocycles. The van der Waals surface area contributed by atoms with Crippen LogP contribution in [0.4, 0.5) is 5.82 Å². The predicted octanol–water partition coefficient (Wildman–Crippen LogP) is 1.34. The predicted molar refractivity (Wildman–Crippen MR) is 65.1 cm³/mol. The Morgan fingerprint density at radius 3 is 2.59 bits per heavy atom. The zero-order chi connectivity index (χ0) is 12.8. The minimum Gasteiger partial charge on any atom is -0.478 e. The van der Waals surface area contributed by atoms with Gasteiger partial charge in [-0.25, -0.2) is 4.79 Å². The van der Waals surface area contributed by atoms with Gasteiger partial charge in [0.2, 0.25) is 0 Å². The maximum absolute atomic E-state index is 11.3. The number of aryl methyl sites for hydroxylation is 1. The number of carboxylic acids is 1. The molecule has 0 radical (unpaired) electrons. The molecule has 1 aromatic heterocycles. The number of carbonyl (C=O) groups is 1. The number of carboxylic acid groups (broad SMARTS) is 1. The second kappa shape index (κ2) is 5.85. The van der Waals surface area contributed by atoms with Gasteiger partial charge in [-0.15, -0.1) is 11.5 Å². The molecule has 0 atom stereocenters. The molecule has 1 aromatic rings. The van der Waals surface area contributed by atoms with E-state index in [1.807, 2.05) is 13.8 Å². The van der Waals surface area contributed by atoms with Crippen molar-refractivity contribution < 1.29 is 9.90 Å². The van der Waals surface area contributed by atoms with Crippen molar-refractivity contribution in [3.8, 4) is 12.3 Å². The van der Waals surface area contributed by atoms with Gasteiger partial charge in [0, 0.05) is 0 Å². The normalized spacial score (nSPS) is 9.71. The van der Waals surface area contributed by atoms with Gasteiger partial charge in [0.15, 0.2) is 5.82 Å². The van der Waals surface area contributed by atoms with Crippen molar-refractivity contribution >= 4 is 11.8 Å². The summed E-state index contributed by atoms with van der Waals surface area (Å²) in [5, 5.41) is 19.9. The second-order valence-electron chi connectivity index (χ2n) is 3.42. The van der Waals surface area contributed by atoms with E-state index in [-0.39, 0.29) is 17.9 Å². The van der Waals surface area contributed by atoms with E-state index in [9.17, 15) is 9.90 Å². The molecule has 0 unspecified atom stereocenters. The van der Waals surface area contributed by atoms with Crippen molar-refractivity contribution in [1.82, 2.24) is 10.2 Å². The molecule has 2 N–H and O–H groups in total. The van der Waals surface area contributed by atoms with Crippen LogP contribution in [0.25, 0.3) is 0 Å². The number of anilines is 1. The van der Waals surface area contributed by atoms with Crippen LogP contribution in [-0.2, 0) is 12.8 Å². The van der Waals surface area contributed by atoms with E-state index < -0.39 is 5.97 Å². The first kappa shape index (κ1) is 13.0. The minimum atomic E-state index is -1.01. The summed E-state index contributed by atoms with van der Waals surface area (Å²) in [6.07, 6.45) is 6.38. The van der Waals surface area contributed by atoms with Gasteiger partial charge in [-0.2, -0.15) is 5.10 Å². The van der Waals surface area contributed by atoms with Crippen LogP contribution < -0.4 is 5.32 Å². The summed E-state index contributed by atoms with van der Waals surface area (Å²) in [7, 11) is 0. The summed E-state index contributed by atoms with van der Waals surface area (Å²) in [6, 6.07) is 0. The molecule has 17 heavy (non-hydrogen) atoms. The number of aromatic nitrogens is 2. The maximum atomic E-state index is 11.3. The van der Waals surface area contributed by atoms with Gasteiger partial charge < -0.3 is 10.4 Å². The highest BCUT2D eigenvalue weighted by Gasteiger charge is 2.19. The number of rotatable bonds is 5. The Morgan fingerprint density at radius 2 is 2.12 bits per heavy atom. The Hall–Kier alpha value is -2.09. The summed E-state index contributed by atoms with van der Waals surface area (Å²) in [5.41, 5.74) is 1.61. The molecule has 5 nitrogen and oxygen atoms in total. The standard InChI is InChI=1S/C12H15N3O2/c1-4-7-13-11-10(12(16)17)8(5-2)9(6-3)14-15-11/h1H,5-7H2,2-3H3,(H,13,15)(H,16,17). The lowest BCUT2D eigenvalue weighted by atomic mass is 10.0. The van der Waals surface area contributed by atoms with Gasteiger partial charge in [0.25, 0.3) is 0 Å². The topological polar surface area (TPSA) is 75.1 Å². The zero-order valence-corrected chi connectivity index (χ0v) is 9.95. The quantitative estimate of drug-likeness (QED) is 0.751. The van der Waals surface area contributed by atoms with E-state index in [0.29, 0.717) is 12.8 Å². The Labute approximate surface area is 100 Å². The number of terminal acetylenes is 1. The van der Waals surface area contributed by atoms with Gasteiger partial charge in [-0.1, -0.05) is 19.8 Å². The van der Waals surface area contributed by atoms with Crippen molar-refractivity contribution in [3.63, 3.8) is 0 Å². The van der Waals surface area contributed by atoms with Gasteiger partial charge in [-0.3, -0.25) is 0 Å². The fraction of sp³-hybridized carbons (Fsp3) is 0.417. The van der Waals surface area contributed by atoms with Crippen LogP contribution in [0.5, 0.6) is 0 Å². The van der Waals surface area contributed by atoms with E-state index in [1.54, 1.807) is 0 Å². The van der Waals surface area contributed by atoms with E-state index in [2.05, 4.69) is 21.4 Å². The van der Waals surface area contributed by atoms with Crippen LogP contribution in [0.3, 0.4) is 0 Å². The third-order valence-corrected chi connectivity index (χ3v) is 2.42. The molecule has 0 fully saturated rings. The number of nitrogens with one attached hydrogen (secondary N) is 1. The van der Waals surface area contributed by atoms with Crippen LogP contribution in [-0.4, -0.2) is 27.8 Å². The molecule has 0 amide bonds. The van der Waals surface area contributed by atoms with Crippen molar-refractivity contribution in [2.45, 2.75) is 26.7 Å². The van der Waals surface area contributed by atoms with Crippen molar-refractivity contribution in [1.29, 1.82) is 0 Å². The first-order valence-corrected chi connectivity index (χ1v) is 5.44. The fourth-order valence-electron chi connectivity index (χ4n) is 1.66. The van der Waals surface area contributed by atoms with Gasteiger partial charge >= 0.3 is 5.97 Å². The molecular weight excluding hydrogens is 218 g/mol. The van der Waals surface area contributed by atoms with Crippen molar-refractivity contribution in [2.75, 3.05) is 11.9 Å². The molecular formula is C12H15N3O2. The Balaban J connectivity index is 3.32. The largest absolute Gasteiger partial charge is 0.478 e. The lowest BCUT2D eigenvalue weighted by molar-refractivity contribution is 0.0696. The average molecular weight is 233 g/mol. The first-order chi connectivity index (χ1) is 8.15. The monoisotopic (exact) mass is 233 g/mol. The molecule has 0 aromatic carbocycles. The van der Waals surface area contributed by atoms with Gasteiger partial charge in [0.05, 0.1) is 12.2 Å². The van der Waals surface area contributed by atoms with Crippen LogP contribution in [0.15, 0.2) is 0 Å². The smallest absolute Gasteiger partial charge is 0.339 e. The highest BCUT2D eigenvalue weighted by molar-refractivity contribution is 5.95. The molecule has 0 aliphatic rings. The summed E-state index contributed by atoms with van der Waals surface area (Å²) in [6.45, 7) is 4.04. The molecule has 0 aliphatic carbocycles. The third kappa shape index (κ3) is 2.72. The number of hydrogen-bond acceptors (Lipinski definition) is 4. The fourth-order valence-corrected chi connectivity index (χ4v) is 1.66. The molecule has 1 rings (SSSR count). The van der Waals surface area contributed by atoms with E-state index in [0.717, 1.165) is 11.3 Å².